The van der Waals surface area contributed by atoms with Crippen LogP contribution in [0.4, 0.5) is 0 Å². The maximum absolute atomic E-state index is 9.38. The van der Waals surface area contributed by atoms with E-state index in [1.807, 2.05) is 18.2 Å². The minimum atomic E-state index is 0.641. The second kappa shape index (κ2) is 6.42. The van der Waals surface area contributed by atoms with E-state index in [2.05, 4.69) is 5.16 Å². The smallest absolute Gasteiger partial charge is 0.161 e. The molecule has 4 heteroatoms. The Labute approximate surface area is 131 Å². The van der Waals surface area contributed by atoms with E-state index in [-0.39, 0.29) is 0 Å². The van der Waals surface area contributed by atoms with E-state index >= 15 is 0 Å². The molecule has 1 saturated carbocycles. The van der Waals surface area contributed by atoms with Gasteiger partial charge in [-0.15, -0.1) is 0 Å². The van der Waals surface area contributed by atoms with Crippen LogP contribution in [0, 0.1) is 5.92 Å². The van der Waals surface area contributed by atoms with Gasteiger partial charge in [-0.1, -0.05) is 29.6 Å². The van der Waals surface area contributed by atoms with Crippen molar-refractivity contribution < 1.29 is 14.7 Å². The van der Waals surface area contributed by atoms with Crippen LogP contribution in [-0.4, -0.2) is 25.1 Å². The Kier molecular flexibility index (Phi) is 4.36. The minimum Gasteiger partial charge on any atom is -0.493 e. The summed E-state index contributed by atoms with van der Waals surface area (Å²) < 4.78 is 10.7. The Morgan fingerprint density at radius 1 is 1.05 bits per heavy atom. The monoisotopic (exact) mass is 301 g/mol. The molecule has 0 aliphatic heterocycles. The Hall–Kier alpha value is -1.97. The summed E-state index contributed by atoms with van der Waals surface area (Å²) in [6, 6.07) is 5.93. The van der Waals surface area contributed by atoms with Gasteiger partial charge in [-0.3, -0.25) is 0 Å². The predicted octanol–water partition coefficient (Wildman–Crippen LogP) is 4.27. The van der Waals surface area contributed by atoms with Crippen LogP contribution >= 0.6 is 0 Å². The summed E-state index contributed by atoms with van der Waals surface area (Å²) in [5, 5.41) is 12.9. The molecule has 0 bridgehead atoms. The standard InChI is InChI=1S/C18H23NO3/c1-21-16-10-7-13(11-17(16)22-2)18-14(8-9-15(18)19-20)12-5-3-4-6-12/h7,10-12,20H,3-6,8-9H2,1-2H3/b19-15+. The number of hydrogen-bond donors (Lipinski definition) is 1. The van der Waals surface area contributed by atoms with Crippen molar-refractivity contribution in [2.45, 2.75) is 38.5 Å². The second-order valence-corrected chi connectivity index (χ2v) is 6.00. The van der Waals surface area contributed by atoms with Crippen LogP contribution in [0.2, 0.25) is 0 Å². The highest BCUT2D eigenvalue weighted by molar-refractivity contribution is 6.26. The lowest BCUT2D eigenvalue weighted by molar-refractivity contribution is 0.319. The van der Waals surface area contributed by atoms with Gasteiger partial charge >= 0.3 is 0 Å². The topological polar surface area (TPSA) is 51.0 Å². The number of rotatable bonds is 4. The normalized spacial score (nSPS) is 20.9. The summed E-state index contributed by atoms with van der Waals surface area (Å²) in [5.41, 5.74) is 4.44. The molecule has 4 nitrogen and oxygen atoms in total. The molecule has 22 heavy (non-hydrogen) atoms. The molecule has 1 N–H and O–H groups in total. The zero-order valence-electron chi connectivity index (χ0n) is 13.3. The molecule has 2 aliphatic carbocycles. The number of nitrogens with zero attached hydrogens (tertiary/aromatic N) is 1. The minimum absolute atomic E-state index is 0.641. The van der Waals surface area contributed by atoms with Gasteiger partial charge in [0.05, 0.1) is 19.9 Å². The molecular weight excluding hydrogens is 278 g/mol. The maximum Gasteiger partial charge on any atom is 0.161 e. The average molecular weight is 301 g/mol. The van der Waals surface area contributed by atoms with Crippen molar-refractivity contribution in [1.29, 1.82) is 0 Å². The predicted molar refractivity (Wildman–Crippen MR) is 86.9 cm³/mol. The van der Waals surface area contributed by atoms with Crippen molar-refractivity contribution in [3.8, 4) is 11.5 Å². The van der Waals surface area contributed by atoms with E-state index in [0.29, 0.717) is 11.7 Å². The molecule has 1 aromatic carbocycles. The van der Waals surface area contributed by atoms with Crippen LogP contribution in [0.25, 0.3) is 5.57 Å². The second-order valence-electron chi connectivity index (χ2n) is 6.00. The van der Waals surface area contributed by atoms with Gasteiger partial charge in [0.25, 0.3) is 0 Å². The molecule has 0 heterocycles. The van der Waals surface area contributed by atoms with E-state index in [4.69, 9.17) is 9.47 Å². The van der Waals surface area contributed by atoms with Crippen molar-refractivity contribution in [3.05, 3.63) is 29.3 Å². The van der Waals surface area contributed by atoms with E-state index in [1.165, 1.54) is 31.3 Å². The molecular formula is C18H23NO3. The van der Waals surface area contributed by atoms with E-state index in [0.717, 1.165) is 35.4 Å². The Balaban J connectivity index is 2.07. The lowest BCUT2D eigenvalue weighted by Crippen LogP contribution is -2.02. The quantitative estimate of drug-likeness (QED) is 0.667. The Morgan fingerprint density at radius 3 is 2.41 bits per heavy atom. The largest absolute Gasteiger partial charge is 0.493 e. The van der Waals surface area contributed by atoms with Gasteiger partial charge in [-0.25, -0.2) is 0 Å². The van der Waals surface area contributed by atoms with Crippen LogP contribution in [0.3, 0.4) is 0 Å². The fraction of sp³-hybridized carbons (Fsp3) is 0.500. The van der Waals surface area contributed by atoms with Crippen molar-refractivity contribution >= 4 is 11.3 Å². The summed E-state index contributed by atoms with van der Waals surface area (Å²) in [4.78, 5) is 0. The molecule has 0 spiro atoms. The van der Waals surface area contributed by atoms with Crippen LogP contribution in [-0.2, 0) is 0 Å². The number of hydrogen-bond acceptors (Lipinski definition) is 4. The zero-order valence-corrected chi connectivity index (χ0v) is 13.3. The van der Waals surface area contributed by atoms with Gasteiger partial charge in [0.2, 0.25) is 0 Å². The lowest BCUT2D eigenvalue weighted by Gasteiger charge is -2.15. The van der Waals surface area contributed by atoms with Crippen molar-refractivity contribution in [2.24, 2.45) is 11.1 Å². The van der Waals surface area contributed by atoms with Gasteiger partial charge in [0, 0.05) is 5.57 Å². The van der Waals surface area contributed by atoms with Crippen LogP contribution in [0.1, 0.15) is 44.1 Å². The molecule has 0 amide bonds. The van der Waals surface area contributed by atoms with Gasteiger partial charge < -0.3 is 14.7 Å². The van der Waals surface area contributed by atoms with Gasteiger partial charge in [0.1, 0.15) is 0 Å². The van der Waals surface area contributed by atoms with Crippen LogP contribution in [0.5, 0.6) is 11.5 Å². The van der Waals surface area contributed by atoms with Crippen LogP contribution < -0.4 is 9.47 Å². The first-order chi connectivity index (χ1) is 10.8. The summed E-state index contributed by atoms with van der Waals surface area (Å²) >= 11 is 0. The molecule has 0 radical (unpaired) electrons. The van der Waals surface area contributed by atoms with E-state index in [9.17, 15) is 5.21 Å². The highest BCUT2D eigenvalue weighted by Gasteiger charge is 2.30. The molecule has 3 rings (SSSR count). The number of methoxy groups -OCH3 is 2. The number of benzene rings is 1. The highest BCUT2D eigenvalue weighted by Crippen LogP contribution is 2.43. The molecule has 0 saturated heterocycles. The van der Waals surface area contributed by atoms with Gasteiger partial charge in [-0.05, 0) is 49.3 Å². The Bertz CT molecular complexity index is 613. The summed E-state index contributed by atoms with van der Waals surface area (Å²) in [6.45, 7) is 0. The number of allylic oxidation sites excluding steroid dienone is 2. The van der Waals surface area contributed by atoms with Crippen molar-refractivity contribution in [3.63, 3.8) is 0 Å². The van der Waals surface area contributed by atoms with Gasteiger partial charge in [-0.2, -0.15) is 0 Å². The number of ether oxygens (including phenoxy) is 2. The maximum atomic E-state index is 9.38. The molecule has 2 aliphatic rings. The van der Waals surface area contributed by atoms with E-state index < -0.39 is 0 Å². The molecule has 1 fully saturated rings. The first-order valence-corrected chi connectivity index (χ1v) is 7.95. The molecule has 0 aromatic heterocycles. The average Bonchev–Trinajstić information content (AvgIpc) is 3.22. The first kappa shape index (κ1) is 14.9. The molecule has 118 valence electrons. The fourth-order valence-electron chi connectivity index (χ4n) is 3.81. The van der Waals surface area contributed by atoms with Gasteiger partial charge in [0.15, 0.2) is 11.5 Å². The Morgan fingerprint density at radius 2 is 1.77 bits per heavy atom. The molecule has 0 unspecified atom stereocenters. The SMILES string of the molecule is COc1ccc(C2=C(C3CCCC3)CC/C2=N\O)cc1OC. The lowest BCUT2D eigenvalue weighted by atomic mass is 9.91. The highest BCUT2D eigenvalue weighted by atomic mass is 16.5. The first-order valence-electron chi connectivity index (χ1n) is 7.95. The summed E-state index contributed by atoms with van der Waals surface area (Å²) in [7, 11) is 3.28. The van der Waals surface area contributed by atoms with E-state index in [1.54, 1.807) is 14.2 Å². The van der Waals surface area contributed by atoms with Crippen molar-refractivity contribution in [1.82, 2.24) is 0 Å². The summed E-state index contributed by atoms with van der Waals surface area (Å²) in [6.07, 6.45) is 6.95. The number of oxime groups is 1. The third-order valence-corrected chi connectivity index (χ3v) is 4.88. The summed E-state index contributed by atoms with van der Waals surface area (Å²) in [5.74, 6) is 2.07. The zero-order chi connectivity index (χ0) is 15.5. The fourth-order valence-corrected chi connectivity index (χ4v) is 3.81. The third-order valence-electron chi connectivity index (χ3n) is 4.88. The van der Waals surface area contributed by atoms with Crippen LogP contribution in [0.15, 0.2) is 28.9 Å². The third kappa shape index (κ3) is 2.58. The molecule has 1 aromatic rings. The molecule has 0 atom stereocenters. The van der Waals surface area contributed by atoms with Crippen molar-refractivity contribution in [2.75, 3.05) is 14.2 Å².